The van der Waals surface area contributed by atoms with Gasteiger partial charge >= 0.3 is 11.7 Å². The number of fused-ring (bicyclic) bond motifs is 1. The van der Waals surface area contributed by atoms with Gasteiger partial charge in [-0.3, -0.25) is 18.9 Å². The Kier molecular flexibility index (Phi) is 10.7. The van der Waals surface area contributed by atoms with Crippen LogP contribution in [0.1, 0.15) is 40.5 Å². The third-order valence-electron chi connectivity index (χ3n) is 9.56. The lowest BCUT2D eigenvalue weighted by Gasteiger charge is -2.20. The number of hydrogen-bond donors (Lipinski definition) is 3. The van der Waals surface area contributed by atoms with Gasteiger partial charge in [0.25, 0.3) is 21.5 Å². The molecule has 0 spiro atoms. The van der Waals surface area contributed by atoms with E-state index in [1.54, 1.807) is 36.7 Å². The number of rotatable bonds is 11. The summed E-state index contributed by atoms with van der Waals surface area (Å²) < 4.78 is 66.2. The average Bonchev–Trinajstić information content (AvgIpc) is 3.22. The molecule has 57 heavy (non-hydrogen) atoms. The number of carbonyl (C=O) groups excluding carboxylic acids is 1. The number of anilines is 1. The molecule has 1 amide bonds. The summed E-state index contributed by atoms with van der Waals surface area (Å²) in [5.41, 5.74) is -0.970. The van der Waals surface area contributed by atoms with Crippen molar-refractivity contribution >= 4 is 38.5 Å². The van der Waals surface area contributed by atoms with Crippen molar-refractivity contribution in [1.29, 1.82) is 0 Å². The number of ether oxygens (including phenoxy) is 1. The van der Waals surface area contributed by atoms with E-state index in [1.165, 1.54) is 54.2 Å². The van der Waals surface area contributed by atoms with Crippen LogP contribution in [0.4, 0.5) is 14.5 Å². The van der Waals surface area contributed by atoms with Gasteiger partial charge in [-0.05, 0) is 60.4 Å². The standard InChI is InChI=1S/C39H33F2N7O8S/c1-47-33-5-3-2-4-27(33)37(50)48(39(47)53)34-11-6-22(19-42-34)16-32(38(51)52)45-36(49)28-17-30(41)31(18-29(28)40)46-57(54,55)26-9-7-23(8-10-26)25-20-43-35(44-21-25)24-12-14-56-15-13-24/h2-11,17-21,24,32,46H,12-16H2,1H3,(H,45,49)(H,51,52)/t32-/m0/s1. The second-order valence-electron chi connectivity index (χ2n) is 13.3. The zero-order valence-corrected chi connectivity index (χ0v) is 30.9. The van der Waals surface area contributed by atoms with Gasteiger partial charge in [0.2, 0.25) is 0 Å². The molecule has 6 aromatic rings. The SMILES string of the molecule is Cn1c(=O)n(-c2ccc(C[C@H](NC(=O)c3cc(F)c(NS(=O)(=O)c4ccc(-c5cnc(C6CCOCC6)nc5)cc4)cc3F)C(=O)O)cn2)c(=O)c2ccccc21. The van der Waals surface area contributed by atoms with Crippen LogP contribution in [-0.2, 0) is 33.0 Å². The van der Waals surface area contributed by atoms with Crippen LogP contribution >= 0.6 is 0 Å². The number of para-hydroxylation sites is 1. The summed E-state index contributed by atoms with van der Waals surface area (Å²) in [4.78, 5) is 64.0. The first-order valence-electron chi connectivity index (χ1n) is 17.5. The Morgan fingerprint density at radius 1 is 0.912 bits per heavy atom. The summed E-state index contributed by atoms with van der Waals surface area (Å²) in [6.07, 6.45) is 5.79. The Morgan fingerprint density at radius 2 is 1.61 bits per heavy atom. The van der Waals surface area contributed by atoms with E-state index in [9.17, 15) is 32.7 Å². The Labute approximate surface area is 322 Å². The summed E-state index contributed by atoms with van der Waals surface area (Å²) in [5, 5.41) is 12.2. The molecule has 0 unspecified atom stereocenters. The van der Waals surface area contributed by atoms with E-state index >= 15 is 8.78 Å². The molecule has 4 heterocycles. The highest BCUT2D eigenvalue weighted by atomic mass is 32.2. The third-order valence-corrected chi connectivity index (χ3v) is 10.9. The molecule has 0 aliphatic carbocycles. The molecule has 0 radical (unpaired) electrons. The van der Waals surface area contributed by atoms with Gasteiger partial charge in [-0.25, -0.2) is 46.3 Å². The van der Waals surface area contributed by atoms with Crippen molar-refractivity contribution in [1.82, 2.24) is 29.4 Å². The molecule has 1 fully saturated rings. The molecule has 0 bridgehead atoms. The number of carbonyl (C=O) groups is 2. The molecule has 0 saturated carbocycles. The molecular weight excluding hydrogens is 765 g/mol. The minimum Gasteiger partial charge on any atom is -0.480 e. The van der Waals surface area contributed by atoms with Crippen LogP contribution in [0.5, 0.6) is 0 Å². The zero-order chi connectivity index (χ0) is 40.4. The van der Waals surface area contributed by atoms with Gasteiger partial charge in [0.1, 0.15) is 29.3 Å². The zero-order valence-electron chi connectivity index (χ0n) is 30.1. The quantitative estimate of drug-likeness (QED) is 0.171. The van der Waals surface area contributed by atoms with E-state index in [0.29, 0.717) is 47.8 Å². The van der Waals surface area contributed by atoms with E-state index in [0.717, 1.165) is 17.4 Å². The fourth-order valence-corrected chi connectivity index (χ4v) is 7.49. The molecule has 1 saturated heterocycles. The summed E-state index contributed by atoms with van der Waals surface area (Å²) in [7, 11) is -2.93. The fraction of sp³-hybridized carbons (Fsp3) is 0.205. The number of halogens is 2. The monoisotopic (exact) mass is 797 g/mol. The number of sulfonamides is 1. The van der Waals surface area contributed by atoms with E-state index in [-0.39, 0.29) is 34.0 Å². The van der Waals surface area contributed by atoms with Gasteiger partial charge in [0.15, 0.2) is 0 Å². The Bertz CT molecular complexity index is 2740. The van der Waals surface area contributed by atoms with Crippen molar-refractivity contribution in [3.8, 4) is 16.9 Å². The van der Waals surface area contributed by atoms with E-state index < -0.39 is 62.1 Å². The number of nitrogens with one attached hydrogen (secondary N) is 2. The molecule has 3 N–H and O–H groups in total. The Balaban J connectivity index is 1.02. The number of amides is 1. The number of carboxylic acids is 1. The van der Waals surface area contributed by atoms with Crippen LogP contribution in [0.25, 0.3) is 27.8 Å². The Hall–Kier alpha value is -6.66. The smallest absolute Gasteiger partial charge is 0.337 e. The van der Waals surface area contributed by atoms with Gasteiger partial charge in [0, 0.05) is 62.8 Å². The van der Waals surface area contributed by atoms with Crippen LogP contribution in [0.15, 0.2) is 106 Å². The molecule has 15 nitrogen and oxygen atoms in total. The number of pyridine rings is 1. The molecular formula is C39H33F2N7O8S. The van der Waals surface area contributed by atoms with Crippen LogP contribution in [0, 0.1) is 11.6 Å². The molecule has 3 aromatic carbocycles. The topological polar surface area (TPSA) is 204 Å². The molecule has 1 aliphatic heterocycles. The first kappa shape index (κ1) is 38.6. The van der Waals surface area contributed by atoms with E-state index in [4.69, 9.17) is 4.74 Å². The van der Waals surface area contributed by atoms with Gasteiger partial charge in [-0.2, -0.15) is 0 Å². The predicted octanol–water partition coefficient (Wildman–Crippen LogP) is 3.94. The van der Waals surface area contributed by atoms with Crippen molar-refractivity contribution in [2.45, 2.75) is 36.1 Å². The van der Waals surface area contributed by atoms with E-state index in [1.807, 2.05) is 4.72 Å². The van der Waals surface area contributed by atoms with Crippen molar-refractivity contribution in [3.63, 3.8) is 0 Å². The lowest BCUT2D eigenvalue weighted by molar-refractivity contribution is -0.139. The van der Waals surface area contributed by atoms with Crippen LogP contribution in [0.3, 0.4) is 0 Å². The normalized spacial score (nSPS) is 13.9. The number of aromatic nitrogens is 5. The minimum atomic E-state index is -4.43. The molecule has 292 valence electrons. The highest BCUT2D eigenvalue weighted by molar-refractivity contribution is 7.92. The molecule has 1 atom stereocenters. The van der Waals surface area contributed by atoms with Crippen LogP contribution < -0.4 is 21.3 Å². The number of aryl methyl sites for hydroxylation is 1. The minimum absolute atomic E-state index is 0.0294. The molecule has 3 aromatic heterocycles. The first-order valence-corrected chi connectivity index (χ1v) is 19.0. The second kappa shape index (κ2) is 15.8. The summed E-state index contributed by atoms with van der Waals surface area (Å²) in [6, 6.07) is 14.1. The second-order valence-corrected chi connectivity index (χ2v) is 14.9. The maximum atomic E-state index is 15.2. The van der Waals surface area contributed by atoms with Gasteiger partial charge in [-0.15, -0.1) is 0 Å². The number of carboxylic acid groups (broad SMARTS) is 1. The summed E-state index contributed by atoms with van der Waals surface area (Å²) in [6.45, 7) is 1.29. The predicted molar refractivity (Wildman–Crippen MR) is 203 cm³/mol. The largest absolute Gasteiger partial charge is 0.480 e. The fourth-order valence-electron chi connectivity index (χ4n) is 6.43. The highest BCUT2D eigenvalue weighted by Crippen LogP contribution is 2.27. The van der Waals surface area contributed by atoms with E-state index in [2.05, 4.69) is 20.3 Å². The Morgan fingerprint density at radius 3 is 2.28 bits per heavy atom. The summed E-state index contributed by atoms with van der Waals surface area (Å²) >= 11 is 0. The molecule has 18 heteroatoms. The highest BCUT2D eigenvalue weighted by Gasteiger charge is 2.26. The number of aliphatic carboxylic acids is 1. The van der Waals surface area contributed by atoms with Crippen LogP contribution in [-0.4, -0.2) is 68.7 Å². The lowest BCUT2D eigenvalue weighted by Crippen LogP contribution is -2.42. The first-order chi connectivity index (χ1) is 27.3. The van der Waals surface area contributed by atoms with Crippen molar-refractivity contribution in [2.24, 2.45) is 7.05 Å². The molecule has 1 aliphatic rings. The average molecular weight is 798 g/mol. The number of hydrogen-bond acceptors (Lipinski definition) is 10. The maximum absolute atomic E-state index is 15.2. The summed E-state index contributed by atoms with van der Waals surface area (Å²) in [5.74, 6) is -4.55. The van der Waals surface area contributed by atoms with Gasteiger partial charge in [0.05, 0.1) is 27.0 Å². The van der Waals surface area contributed by atoms with Gasteiger partial charge < -0.3 is 15.2 Å². The number of nitrogens with zero attached hydrogens (tertiary/aromatic N) is 5. The van der Waals surface area contributed by atoms with Crippen molar-refractivity contribution < 1.29 is 36.6 Å². The lowest BCUT2D eigenvalue weighted by atomic mass is 9.99. The van der Waals surface area contributed by atoms with Crippen molar-refractivity contribution in [2.75, 3.05) is 17.9 Å². The van der Waals surface area contributed by atoms with Crippen molar-refractivity contribution in [3.05, 3.63) is 141 Å². The third kappa shape index (κ3) is 8.03. The maximum Gasteiger partial charge on any atom is 0.337 e. The van der Waals surface area contributed by atoms with Gasteiger partial charge in [-0.1, -0.05) is 30.3 Å². The molecule has 7 rings (SSSR count). The van der Waals surface area contributed by atoms with Crippen LogP contribution in [0.2, 0.25) is 0 Å². The number of benzene rings is 3.